The molecule has 0 bridgehead atoms. The predicted molar refractivity (Wildman–Crippen MR) is 44.1 cm³/mol. The summed E-state index contributed by atoms with van der Waals surface area (Å²) >= 11 is 0. The fraction of sp³-hybridized carbons (Fsp3) is 0.778. The SMILES string of the molecule is CC(=O)O[C@@H]1[C@@H]2CC(=O)O[C@@H]2O[C@H]1C. The van der Waals surface area contributed by atoms with Crippen LogP contribution in [0.15, 0.2) is 0 Å². The van der Waals surface area contributed by atoms with Crippen LogP contribution < -0.4 is 0 Å². The maximum Gasteiger partial charge on any atom is 0.308 e. The Balaban J connectivity index is 2.08. The summed E-state index contributed by atoms with van der Waals surface area (Å²) in [5.74, 6) is -0.782. The topological polar surface area (TPSA) is 61.8 Å². The number of ether oxygens (including phenoxy) is 3. The van der Waals surface area contributed by atoms with E-state index >= 15 is 0 Å². The second kappa shape index (κ2) is 3.24. The minimum Gasteiger partial charge on any atom is -0.459 e. The summed E-state index contributed by atoms with van der Waals surface area (Å²) in [6.45, 7) is 3.15. The summed E-state index contributed by atoms with van der Waals surface area (Å²) in [4.78, 5) is 21.8. The summed E-state index contributed by atoms with van der Waals surface area (Å²) in [6.07, 6.45) is -0.819. The summed E-state index contributed by atoms with van der Waals surface area (Å²) in [7, 11) is 0. The van der Waals surface area contributed by atoms with Gasteiger partial charge in [-0.15, -0.1) is 0 Å². The molecule has 14 heavy (non-hydrogen) atoms. The van der Waals surface area contributed by atoms with Crippen molar-refractivity contribution >= 4 is 11.9 Å². The van der Waals surface area contributed by atoms with Gasteiger partial charge < -0.3 is 14.2 Å². The zero-order valence-corrected chi connectivity index (χ0v) is 8.06. The lowest BCUT2D eigenvalue weighted by Crippen LogP contribution is -2.29. The first-order chi connectivity index (χ1) is 6.58. The van der Waals surface area contributed by atoms with E-state index in [0.29, 0.717) is 0 Å². The average Bonchev–Trinajstić information content (AvgIpc) is 2.51. The minimum atomic E-state index is -0.526. The highest BCUT2D eigenvalue weighted by Crippen LogP contribution is 2.37. The third kappa shape index (κ3) is 1.48. The first-order valence-electron chi connectivity index (χ1n) is 4.60. The van der Waals surface area contributed by atoms with Crippen LogP contribution >= 0.6 is 0 Å². The van der Waals surface area contributed by atoms with Crippen molar-refractivity contribution in [2.45, 2.75) is 38.8 Å². The number of esters is 2. The van der Waals surface area contributed by atoms with Crippen LogP contribution in [0.3, 0.4) is 0 Å². The van der Waals surface area contributed by atoms with Crippen molar-refractivity contribution < 1.29 is 23.8 Å². The third-order valence-electron chi connectivity index (χ3n) is 2.54. The first-order valence-corrected chi connectivity index (χ1v) is 4.60. The van der Waals surface area contributed by atoms with Gasteiger partial charge in [-0.1, -0.05) is 0 Å². The lowest BCUT2D eigenvalue weighted by atomic mass is 9.99. The number of fused-ring (bicyclic) bond motifs is 1. The summed E-state index contributed by atoms with van der Waals surface area (Å²) in [6, 6.07) is 0. The highest BCUT2D eigenvalue weighted by atomic mass is 16.7. The van der Waals surface area contributed by atoms with Gasteiger partial charge in [0.1, 0.15) is 6.10 Å². The average molecular weight is 200 g/mol. The Morgan fingerprint density at radius 2 is 2.29 bits per heavy atom. The van der Waals surface area contributed by atoms with Crippen LogP contribution in [-0.4, -0.2) is 30.4 Å². The molecule has 0 aromatic carbocycles. The number of rotatable bonds is 1. The molecule has 2 saturated heterocycles. The van der Waals surface area contributed by atoms with Crippen LogP contribution in [0, 0.1) is 5.92 Å². The van der Waals surface area contributed by atoms with Crippen molar-refractivity contribution in [3.8, 4) is 0 Å². The lowest BCUT2D eigenvalue weighted by Gasteiger charge is -2.17. The third-order valence-corrected chi connectivity index (χ3v) is 2.54. The molecule has 0 radical (unpaired) electrons. The number of carbonyl (C=O) groups is 2. The fourth-order valence-corrected chi connectivity index (χ4v) is 1.97. The fourth-order valence-electron chi connectivity index (χ4n) is 1.97. The van der Waals surface area contributed by atoms with Gasteiger partial charge in [0.15, 0.2) is 0 Å². The van der Waals surface area contributed by atoms with Crippen molar-refractivity contribution in [2.24, 2.45) is 5.92 Å². The van der Waals surface area contributed by atoms with E-state index in [9.17, 15) is 9.59 Å². The maximum absolute atomic E-state index is 11.0. The zero-order valence-electron chi connectivity index (χ0n) is 8.06. The van der Waals surface area contributed by atoms with Crippen molar-refractivity contribution in [1.29, 1.82) is 0 Å². The molecule has 0 aromatic heterocycles. The van der Waals surface area contributed by atoms with Gasteiger partial charge in [-0.05, 0) is 6.92 Å². The molecule has 2 fully saturated rings. The van der Waals surface area contributed by atoms with Crippen LogP contribution in [0.25, 0.3) is 0 Å². The standard InChI is InChI=1S/C9H12O5/c1-4-8(13-5(2)10)6-3-7(11)14-9(6)12-4/h4,6,8-9H,3H2,1-2H3/t4-,6-,8-,9-/m0/s1. The van der Waals surface area contributed by atoms with E-state index in [4.69, 9.17) is 14.2 Å². The molecule has 0 N–H and O–H groups in total. The summed E-state index contributed by atoms with van der Waals surface area (Å²) < 4.78 is 15.4. The molecule has 4 atom stereocenters. The van der Waals surface area contributed by atoms with Gasteiger partial charge in [-0.3, -0.25) is 9.59 Å². The van der Waals surface area contributed by atoms with Crippen molar-refractivity contribution in [3.05, 3.63) is 0 Å². The second-order valence-corrected chi connectivity index (χ2v) is 3.64. The van der Waals surface area contributed by atoms with E-state index in [1.165, 1.54) is 6.92 Å². The molecule has 0 unspecified atom stereocenters. The molecule has 78 valence electrons. The molecule has 5 nitrogen and oxygen atoms in total. The largest absolute Gasteiger partial charge is 0.459 e. The Morgan fingerprint density at radius 1 is 1.57 bits per heavy atom. The molecule has 2 rings (SSSR count). The van der Waals surface area contributed by atoms with Crippen LogP contribution in [-0.2, 0) is 23.8 Å². The van der Waals surface area contributed by atoms with Gasteiger partial charge in [-0.2, -0.15) is 0 Å². The quantitative estimate of drug-likeness (QED) is 0.567. The van der Waals surface area contributed by atoms with Gasteiger partial charge in [0.05, 0.1) is 18.4 Å². The highest BCUT2D eigenvalue weighted by Gasteiger charge is 2.51. The van der Waals surface area contributed by atoms with Crippen LogP contribution in [0.2, 0.25) is 0 Å². The summed E-state index contributed by atoms with van der Waals surface area (Å²) in [5, 5.41) is 0. The number of carbonyl (C=O) groups excluding carboxylic acids is 2. The number of hydrogen-bond donors (Lipinski definition) is 0. The molecule has 2 aliphatic heterocycles. The van der Waals surface area contributed by atoms with Crippen LogP contribution in [0.4, 0.5) is 0 Å². The minimum absolute atomic E-state index is 0.138. The van der Waals surface area contributed by atoms with E-state index in [2.05, 4.69) is 0 Å². The molecule has 0 aliphatic carbocycles. The first kappa shape index (κ1) is 9.45. The van der Waals surface area contributed by atoms with Gasteiger partial charge in [0.25, 0.3) is 0 Å². The summed E-state index contributed by atoms with van der Waals surface area (Å²) in [5.41, 5.74) is 0. The van der Waals surface area contributed by atoms with Crippen LogP contribution in [0.5, 0.6) is 0 Å². The Kier molecular flexibility index (Phi) is 2.19. The molecule has 5 heteroatoms. The normalized spacial score (nSPS) is 40.6. The lowest BCUT2D eigenvalue weighted by molar-refractivity contribution is -0.165. The van der Waals surface area contributed by atoms with Gasteiger partial charge in [-0.25, -0.2) is 0 Å². The molecule has 2 heterocycles. The van der Waals surface area contributed by atoms with Gasteiger partial charge in [0, 0.05) is 6.92 Å². The molecule has 0 saturated carbocycles. The van der Waals surface area contributed by atoms with E-state index in [-0.39, 0.29) is 36.5 Å². The molecule has 0 amide bonds. The second-order valence-electron chi connectivity index (χ2n) is 3.64. The molecule has 0 spiro atoms. The van der Waals surface area contributed by atoms with Gasteiger partial charge in [0.2, 0.25) is 6.29 Å². The Morgan fingerprint density at radius 3 is 2.93 bits per heavy atom. The molecule has 2 aliphatic rings. The Hall–Kier alpha value is -1.10. The predicted octanol–water partition coefficient (Wildman–Crippen LogP) is 0.226. The smallest absolute Gasteiger partial charge is 0.308 e. The molecule has 0 aromatic rings. The van der Waals surface area contributed by atoms with E-state index < -0.39 is 6.29 Å². The van der Waals surface area contributed by atoms with E-state index in [0.717, 1.165) is 0 Å². The molecular weight excluding hydrogens is 188 g/mol. The van der Waals surface area contributed by atoms with Crippen molar-refractivity contribution in [1.82, 2.24) is 0 Å². The number of hydrogen-bond acceptors (Lipinski definition) is 5. The Bertz CT molecular complexity index is 274. The van der Waals surface area contributed by atoms with E-state index in [1.54, 1.807) is 6.92 Å². The van der Waals surface area contributed by atoms with Gasteiger partial charge >= 0.3 is 11.9 Å². The maximum atomic E-state index is 11.0. The monoisotopic (exact) mass is 200 g/mol. The van der Waals surface area contributed by atoms with E-state index in [1.807, 2.05) is 0 Å². The highest BCUT2D eigenvalue weighted by molar-refractivity contribution is 5.72. The Labute approximate surface area is 81.3 Å². The zero-order chi connectivity index (χ0) is 10.3. The van der Waals surface area contributed by atoms with Crippen LogP contribution in [0.1, 0.15) is 20.3 Å². The van der Waals surface area contributed by atoms with Crippen molar-refractivity contribution in [3.63, 3.8) is 0 Å². The molecular formula is C9H12O5. The van der Waals surface area contributed by atoms with Crippen molar-refractivity contribution in [2.75, 3.05) is 0 Å².